The molecule has 8 nitrogen and oxygen atoms in total. The molecule has 1 aliphatic heterocycles. The highest BCUT2D eigenvalue weighted by Crippen LogP contribution is 2.25. The molecule has 8 heteroatoms. The summed E-state index contributed by atoms with van der Waals surface area (Å²) in [6, 6.07) is 4.13. The smallest absolute Gasteiger partial charge is 0.292 e. The number of amides is 2. The van der Waals surface area contributed by atoms with Crippen LogP contribution in [0.1, 0.15) is 10.4 Å². The third kappa shape index (κ3) is 2.93. The molecule has 1 heterocycles. The third-order valence-electron chi connectivity index (χ3n) is 3.45. The predicted octanol–water partition coefficient (Wildman–Crippen LogP) is 0.551. The molecule has 1 fully saturated rings. The fourth-order valence-electron chi connectivity index (χ4n) is 2.14. The lowest BCUT2D eigenvalue weighted by atomic mass is 10.1. The molecule has 0 spiro atoms. The van der Waals surface area contributed by atoms with Gasteiger partial charge in [-0.2, -0.15) is 0 Å². The zero-order valence-corrected chi connectivity index (χ0v) is 11.8. The van der Waals surface area contributed by atoms with Crippen molar-refractivity contribution < 1.29 is 14.5 Å². The maximum atomic E-state index is 12.4. The van der Waals surface area contributed by atoms with Crippen molar-refractivity contribution in [3.8, 4) is 0 Å². The molecule has 1 aromatic carbocycles. The molecule has 1 aromatic rings. The molecule has 112 valence electrons. The molecule has 21 heavy (non-hydrogen) atoms. The second-order valence-corrected chi connectivity index (χ2v) is 4.78. The number of nitro benzene ring substituents is 1. The Morgan fingerprint density at radius 2 is 2.10 bits per heavy atom. The van der Waals surface area contributed by atoms with E-state index in [0.717, 1.165) is 0 Å². The first-order chi connectivity index (χ1) is 9.93. The van der Waals surface area contributed by atoms with Gasteiger partial charge in [-0.05, 0) is 12.1 Å². The van der Waals surface area contributed by atoms with Crippen LogP contribution in [0.5, 0.6) is 0 Å². The number of carbonyl (C=O) groups excluding carboxylic acids is 2. The second-order valence-electron chi connectivity index (χ2n) is 4.78. The first-order valence-corrected chi connectivity index (χ1v) is 6.43. The first kappa shape index (κ1) is 14.8. The van der Waals surface area contributed by atoms with Crippen LogP contribution in [0.25, 0.3) is 0 Å². The van der Waals surface area contributed by atoms with Crippen LogP contribution in [0.3, 0.4) is 0 Å². The number of benzene rings is 1. The number of anilines is 1. The van der Waals surface area contributed by atoms with E-state index < -0.39 is 4.92 Å². The van der Waals surface area contributed by atoms with E-state index in [-0.39, 0.29) is 29.7 Å². The van der Waals surface area contributed by atoms with Gasteiger partial charge in [0, 0.05) is 38.8 Å². The Balaban J connectivity index is 2.24. The molecule has 1 saturated heterocycles. The Hall–Kier alpha value is -2.64. The summed E-state index contributed by atoms with van der Waals surface area (Å²) in [5.41, 5.74) is 0.497. The van der Waals surface area contributed by atoms with E-state index in [2.05, 4.69) is 5.32 Å². The van der Waals surface area contributed by atoms with Crippen molar-refractivity contribution in [2.24, 2.45) is 0 Å². The maximum Gasteiger partial charge on any atom is 0.292 e. The first-order valence-electron chi connectivity index (χ1n) is 6.43. The predicted molar refractivity (Wildman–Crippen MR) is 76.2 cm³/mol. The molecule has 1 N–H and O–H groups in total. The normalized spacial score (nSPS) is 15.0. The third-order valence-corrected chi connectivity index (χ3v) is 3.45. The van der Waals surface area contributed by atoms with Crippen LogP contribution in [0.4, 0.5) is 11.4 Å². The van der Waals surface area contributed by atoms with Crippen molar-refractivity contribution in [3.63, 3.8) is 0 Å². The number of nitro groups is 1. The summed E-state index contributed by atoms with van der Waals surface area (Å²) in [5.74, 6) is -0.423. The van der Waals surface area contributed by atoms with Crippen LogP contribution in [-0.4, -0.2) is 60.3 Å². The van der Waals surface area contributed by atoms with Gasteiger partial charge in [-0.1, -0.05) is 0 Å². The molecule has 0 aliphatic carbocycles. The van der Waals surface area contributed by atoms with E-state index in [1.165, 1.54) is 23.1 Å². The summed E-state index contributed by atoms with van der Waals surface area (Å²) >= 11 is 0. The van der Waals surface area contributed by atoms with Crippen molar-refractivity contribution >= 4 is 23.2 Å². The van der Waals surface area contributed by atoms with Gasteiger partial charge >= 0.3 is 0 Å². The fourth-order valence-corrected chi connectivity index (χ4v) is 2.14. The van der Waals surface area contributed by atoms with Crippen LogP contribution < -0.4 is 5.32 Å². The largest absolute Gasteiger partial charge is 0.383 e. The van der Waals surface area contributed by atoms with Gasteiger partial charge in [0.05, 0.1) is 4.92 Å². The van der Waals surface area contributed by atoms with Crippen molar-refractivity contribution in [2.75, 3.05) is 39.0 Å². The number of hydrogen-bond donors (Lipinski definition) is 1. The lowest BCUT2D eigenvalue weighted by Crippen LogP contribution is -2.50. The van der Waals surface area contributed by atoms with Crippen molar-refractivity contribution in [2.45, 2.75) is 0 Å². The Morgan fingerprint density at radius 1 is 1.38 bits per heavy atom. The molecule has 0 radical (unpaired) electrons. The summed E-state index contributed by atoms with van der Waals surface area (Å²) in [6.07, 6.45) is 0. The summed E-state index contributed by atoms with van der Waals surface area (Å²) < 4.78 is 0. The number of likely N-dealkylation sites (N-methyl/N-ethyl adjacent to an activating group) is 1. The van der Waals surface area contributed by atoms with Crippen molar-refractivity contribution in [3.05, 3.63) is 33.9 Å². The number of hydrogen-bond acceptors (Lipinski definition) is 5. The summed E-state index contributed by atoms with van der Waals surface area (Å²) in [6.45, 7) is 0.963. The summed E-state index contributed by atoms with van der Waals surface area (Å²) in [5, 5.41) is 13.6. The van der Waals surface area contributed by atoms with Gasteiger partial charge in [0.1, 0.15) is 12.2 Å². The number of piperazine rings is 1. The Labute approximate surface area is 121 Å². The summed E-state index contributed by atoms with van der Waals surface area (Å²) in [7, 11) is 3.24. The molecule has 2 amide bonds. The van der Waals surface area contributed by atoms with E-state index in [9.17, 15) is 19.7 Å². The quantitative estimate of drug-likeness (QED) is 0.648. The molecule has 0 aromatic heterocycles. The minimum Gasteiger partial charge on any atom is -0.383 e. The molecule has 1 aliphatic rings. The molecule has 2 rings (SSSR count). The zero-order chi connectivity index (χ0) is 15.6. The molecule has 0 saturated carbocycles. The minimum atomic E-state index is -0.514. The van der Waals surface area contributed by atoms with Gasteiger partial charge in [-0.3, -0.25) is 19.7 Å². The molecule has 0 atom stereocenters. The Kier molecular flexibility index (Phi) is 4.06. The fraction of sp³-hybridized carbons (Fsp3) is 0.385. The SMILES string of the molecule is CNc1cc(C(=O)N2CCN(C)C(=O)C2)ccc1[N+](=O)[O-]. The van der Waals surface area contributed by atoms with Crippen LogP contribution in [0.15, 0.2) is 18.2 Å². The summed E-state index contributed by atoms with van der Waals surface area (Å²) in [4.78, 5) is 37.4. The number of carbonyl (C=O) groups is 2. The average Bonchev–Trinajstić information content (AvgIpc) is 2.48. The van der Waals surface area contributed by atoms with Crippen LogP contribution in [0.2, 0.25) is 0 Å². The monoisotopic (exact) mass is 292 g/mol. The lowest BCUT2D eigenvalue weighted by Gasteiger charge is -2.32. The molecule has 0 bridgehead atoms. The van der Waals surface area contributed by atoms with Gasteiger partial charge in [0.2, 0.25) is 5.91 Å². The average molecular weight is 292 g/mol. The number of rotatable bonds is 3. The van der Waals surface area contributed by atoms with Crippen molar-refractivity contribution in [1.29, 1.82) is 0 Å². The van der Waals surface area contributed by atoms with Gasteiger partial charge < -0.3 is 15.1 Å². The van der Waals surface area contributed by atoms with Gasteiger partial charge in [0.25, 0.3) is 11.6 Å². The second kappa shape index (κ2) is 5.78. The topological polar surface area (TPSA) is 95.8 Å². The highest BCUT2D eigenvalue weighted by Gasteiger charge is 2.26. The standard InChI is InChI=1S/C13H16N4O4/c1-14-10-7-9(3-4-11(10)17(20)21)13(19)16-6-5-15(2)12(18)8-16/h3-4,7,14H,5-6,8H2,1-2H3. The van der Waals surface area contributed by atoms with Gasteiger partial charge in [0.15, 0.2) is 0 Å². The van der Waals surface area contributed by atoms with E-state index in [1.807, 2.05) is 0 Å². The highest BCUT2D eigenvalue weighted by atomic mass is 16.6. The van der Waals surface area contributed by atoms with Gasteiger partial charge in [-0.25, -0.2) is 0 Å². The maximum absolute atomic E-state index is 12.4. The van der Waals surface area contributed by atoms with Gasteiger partial charge in [-0.15, -0.1) is 0 Å². The van der Waals surface area contributed by atoms with Crippen LogP contribution in [0, 0.1) is 10.1 Å². The zero-order valence-electron chi connectivity index (χ0n) is 11.8. The Bertz CT molecular complexity index is 602. The number of nitrogens with one attached hydrogen (secondary N) is 1. The molecular weight excluding hydrogens is 276 g/mol. The van der Waals surface area contributed by atoms with Crippen LogP contribution >= 0.6 is 0 Å². The minimum absolute atomic E-state index is 0.0290. The molecular formula is C13H16N4O4. The highest BCUT2D eigenvalue weighted by molar-refractivity contribution is 5.98. The molecule has 0 unspecified atom stereocenters. The Morgan fingerprint density at radius 3 is 2.67 bits per heavy atom. The number of nitrogens with zero attached hydrogens (tertiary/aromatic N) is 3. The van der Waals surface area contributed by atoms with E-state index in [0.29, 0.717) is 18.7 Å². The van der Waals surface area contributed by atoms with E-state index in [1.54, 1.807) is 19.0 Å². The van der Waals surface area contributed by atoms with Crippen LogP contribution in [-0.2, 0) is 4.79 Å². The van der Waals surface area contributed by atoms with Crippen molar-refractivity contribution in [1.82, 2.24) is 9.80 Å². The van der Waals surface area contributed by atoms with E-state index in [4.69, 9.17) is 0 Å². The lowest BCUT2D eigenvalue weighted by molar-refractivity contribution is -0.383. The van der Waals surface area contributed by atoms with E-state index >= 15 is 0 Å².